The number of hydrogen-bond acceptors (Lipinski definition) is 6. The number of unbranched alkanes of at least 4 members (excludes halogenated alkanes) is 1. The minimum atomic E-state index is -0.916. The zero-order valence-corrected chi connectivity index (χ0v) is 12.0. The predicted molar refractivity (Wildman–Crippen MR) is 72.8 cm³/mol. The molecule has 0 unspecified atom stereocenters. The van der Waals surface area contributed by atoms with Crippen LogP contribution in [0, 0.1) is 6.92 Å². The number of hydrogen-bond donors (Lipinski definition) is 2. The van der Waals surface area contributed by atoms with Gasteiger partial charge in [-0.25, -0.2) is 14.6 Å². The molecule has 0 aliphatic rings. The van der Waals surface area contributed by atoms with Crippen molar-refractivity contribution in [1.29, 1.82) is 0 Å². The number of anilines is 1. The average Bonchev–Trinajstić information content (AvgIpc) is 2.74. The number of carboxylic acids is 1. The third kappa shape index (κ3) is 4.20. The number of ether oxygens (including phenoxy) is 1. The van der Waals surface area contributed by atoms with E-state index in [4.69, 9.17) is 5.11 Å². The van der Waals surface area contributed by atoms with E-state index < -0.39 is 18.0 Å². The minimum absolute atomic E-state index is 0.231. The van der Waals surface area contributed by atoms with Crippen LogP contribution in [-0.4, -0.2) is 35.2 Å². The van der Waals surface area contributed by atoms with Crippen molar-refractivity contribution in [2.24, 2.45) is 0 Å². The first-order valence-electron chi connectivity index (χ1n) is 6.04. The maximum absolute atomic E-state index is 11.4. The van der Waals surface area contributed by atoms with E-state index in [1.807, 2.05) is 6.92 Å². The van der Waals surface area contributed by atoms with Gasteiger partial charge in [0.2, 0.25) is 0 Å². The lowest BCUT2D eigenvalue weighted by atomic mass is 10.1. The fourth-order valence-corrected chi connectivity index (χ4v) is 2.41. The summed E-state index contributed by atoms with van der Waals surface area (Å²) < 4.78 is 4.61. The number of carbonyl (C=O) groups is 2. The van der Waals surface area contributed by atoms with Crippen LogP contribution in [0.4, 0.5) is 5.13 Å². The Morgan fingerprint density at radius 2 is 2.21 bits per heavy atom. The van der Waals surface area contributed by atoms with E-state index in [0.29, 0.717) is 16.4 Å². The third-order valence-corrected chi connectivity index (χ3v) is 3.52. The van der Waals surface area contributed by atoms with Crippen molar-refractivity contribution in [3.8, 4) is 0 Å². The lowest BCUT2D eigenvalue weighted by Crippen LogP contribution is -2.29. The number of nitrogens with zero attached hydrogens (tertiary/aromatic N) is 1. The monoisotopic (exact) mass is 286 g/mol. The van der Waals surface area contributed by atoms with Crippen molar-refractivity contribution in [2.75, 3.05) is 12.4 Å². The fraction of sp³-hybridized carbons (Fsp3) is 0.583. The summed E-state index contributed by atoms with van der Waals surface area (Å²) in [6.07, 6.45) is 2.27. The molecule has 1 heterocycles. The van der Waals surface area contributed by atoms with Crippen LogP contribution in [0.2, 0.25) is 0 Å². The lowest BCUT2D eigenvalue weighted by Gasteiger charge is -2.12. The molecule has 0 saturated heterocycles. The highest BCUT2D eigenvalue weighted by Crippen LogP contribution is 2.24. The van der Waals surface area contributed by atoms with Gasteiger partial charge in [0, 0.05) is 4.88 Å². The van der Waals surface area contributed by atoms with Crippen molar-refractivity contribution in [3.63, 3.8) is 0 Å². The van der Waals surface area contributed by atoms with Gasteiger partial charge in [-0.1, -0.05) is 19.8 Å². The first-order chi connectivity index (χ1) is 8.99. The second-order valence-electron chi connectivity index (χ2n) is 4.09. The zero-order valence-electron chi connectivity index (χ0n) is 11.2. The number of rotatable bonds is 7. The van der Waals surface area contributed by atoms with E-state index in [-0.39, 0.29) is 5.69 Å². The maximum atomic E-state index is 11.4. The highest BCUT2D eigenvalue weighted by Gasteiger charge is 2.21. The molecule has 2 N–H and O–H groups in total. The summed E-state index contributed by atoms with van der Waals surface area (Å²) in [5.74, 6) is -1.43. The molecule has 0 bridgehead atoms. The van der Waals surface area contributed by atoms with Gasteiger partial charge in [-0.2, -0.15) is 0 Å². The number of thiazole rings is 1. The Labute approximate surface area is 115 Å². The van der Waals surface area contributed by atoms with Crippen LogP contribution >= 0.6 is 11.3 Å². The largest absolute Gasteiger partial charge is 0.480 e. The zero-order chi connectivity index (χ0) is 14.4. The molecular formula is C12H18N2O4S. The van der Waals surface area contributed by atoms with E-state index in [9.17, 15) is 9.59 Å². The highest BCUT2D eigenvalue weighted by atomic mass is 32.1. The molecule has 0 aliphatic carbocycles. The quantitative estimate of drug-likeness (QED) is 0.748. The van der Waals surface area contributed by atoms with Crippen LogP contribution in [-0.2, 0) is 9.53 Å². The highest BCUT2D eigenvalue weighted by molar-refractivity contribution is 7.15. The third-order valence-electron chi connectivity index (χ3n) is 2.62. The van der Waals surface area contributed by atoms with Crippen LogP contribution < -0.4 is 5.32 Å². The van der Waals surface area contributed by atoms with Crippen molar-refractivity contribution in [3.05, 3.63) is 10.6 Å². The second-order valence-corrected chi connectivity index (χ2v) is 5.30. The maximum Gasteiger partial charge on any atom is 0.357 e. The van der Waals surface area contributed by atoms with E-state index in [0.717, 1.165) is 12.8 Å². The van der Waals surface area contributed by atoms with Crippen LogP contribution in [0.15, 0.2) is 0 Å². The second kappa shape index (κ2) is 7.08. The summed E-state index contributed by atoms with van der Waals surface area (Å²) in [5.41, 5.74) is 0.231. The molecule has 0 aliphatic heterocycles. The van der Waals surface area contributed by atoms with Gasteiger partial charge in [-0.15, -0.1) is 11.3 Å². The topological polar surface area (TPSA) is 88.5 Å². The molecule has 0 aromatic carbocycles. The van der Waals surface area contributed by atoms with Crippen molar-refractivity contribution >= 4 is 28.4 Å². The number of aryl methyl sites for hydroxylation is 1. The molecule has 7 heteroatoms. The first-order valence-corrected chi connectivity index (χ1v) is 6.86. The molecule has 1 atom stereocenters. The number of nitrogens with one attached hydrogen (secondary N) is 1. The van der Waals surface area contributed by atoms with Crippen LogP contribution in [0.1, 0.15) is 41.6 Å². The molecule has 0 fully saturated rings. The van der Waals surface area contributed by atoms with Gasteiger partial charge in [0.05, 0.1) is 7.11 Å². The number of aromatic nitrogens is 1. The summed E-state index contributed by atoms with van der Waals surface area (Å²) in [7, 11) is 1.29. The van der Waals surface area contributed by atoms with Crippen molar-refractivity contribution in [2.45, 2.75) is 39.2 Å². The molecular weight excluding hydrogens is 268 g/mol. The molecule has 0 amide bonds. The van der Waals surface area contributed by atoms with E-state index in [1.165, 1.54) is 18.4 Å². The Kier molecular flexibility index (Phi) is 5.75. The molecule has 19 heavy (non-hydrogen) atoms. The minimum Gasteiger partial charge on any atom is -0.480 e. The van der Waals surface area contributed by atoms with Gasteiger partial charge in [-0.05, 0) is 13.3 Å². The standard InChI is InChI=1S/C12H18N2O4S/c1-4-5-6-8(10(15)16)13-12-14-9(7(2)19-12)11(17)18-3/h8H,4-6H2,1-3H3,(H,13,14)(H,15,16)/t8-/m0/s1. The molecule has 0 radical (unpaired) electrons. The van der Waals surface area contributed by atoms with Crippen LogP contribution in [0.25, 0.3) is 0 Å². The summed E-state index contributed by atoms with van der Waals surface area (Å²) in [6, 6.07) is -0.684. The summed E-state index contributed by atoms with van der Waals surface area (Å²) in [4.78, 5) is 27.3. The van der Waals surface area contributed by atoms with Crippen molar-refractivity contribution < 1.29 is 19.4 Å². The SMILES string of the molecule is CCCC[C@H](Nc1nc(C(=O)OC)c(C)s1)C(=O)O. The Bertz CT molecular complexity index is 459. The van der Waals surface area contributed by atoms with Gasteiger partial charge in [-0.3, -0.25) is 0 Å². The van der Waals surface area contributed by atoms with E-state index >= 15 is 0 Å². The van der Waals surface area contributed by atoms with E-state index in [1.54, 1.807) is 6.92 Å². The normalized spacial score (nSPS) is 11.9. The van der Waals surface area contributed by atoms with Gasteiger partial charge in [0.25, 0.3) is 0 Å². The Morgan fingerprint density at radius 1 is 1.53 bits per heavy atom. The molecule has 1 aromatic rings. The Morgan fingerprint density at radius 3 is 2.74 bits per heavy atom. The van der Waals surface area contributed by atoms with Gasteiger partial charge >= 0.3 is 11.9 Å². The van der Waals surface area contributed by atoms with Gasteiger partial charge < -0.3 is 15.2 Å². The molecule has 106 valence electrons. The summed E-state index contributed by atoms with van der Waals surface area (Å²) in [5, 5.41) is 12.4. The Hall–Kier alpha value is -1.63. The number of carboxylic acid groups (broad SMARTS) is 1. The molecule has 0 saturated carbocycles. The number of esters is 1. The molecule has 0 spiro atoms. The number of methoxy groups -OCH3 is 1. The number of carbonyl (C=O) groups excluding carboxylic acids is 1. The van der Waals surface area contributed by atoms with Gasteiger partial charge in [0.15, 0.2) is 10.8 Å². The average molecular weight is 286 g/mol. The van der Waals surface area contributed by atoms with Gasteiger partial charge in [0.1, 0.15) is 6.04 Å². The number of aliphatic carboxylic acids is 1. The molecule has 1 aromatic heterocycles. The summed E-state index contributed by atoms with van der Waals surface area (Å²) >= 11 is 1.25. The van der Waals surface area contributed by atoms with Crippen LogP contribution in [0.5, 0.6) is 0 Å². The van der Waals surface area contributed by atoms with Crippen LogP contribution in [0.3, 0.4) is 0 Å². The summed E-state index contributed by atoms with van der Waals surface area (Å²) in [6.45, 7) is 3.75. The molecule has 1 rings (SSSR count). The fourth-order valence-electron chi connectivity index (χ4n) is 1.56. The first kappa shape index (κ1) is 15.4. The van der Waals surface area contributed by atoms with Crippen molar-refractivity contribution in [1.82, 2.24) is 4.98 Å². The lowest BCUT2D eigenvalue weighted by molar-refractivity contribution is -0.138. The smallest absolute Gasteiger partial charge is 0.357 e. The molecule has 6 nitrogen and oxygen atoms in total. The predicted octanol–water partition coefficient (Wildman–Crippen LogP) is 2.29. The van der Waals surface area contributed by atoms with E-state index in [2.05, 4.69) is 15.0 Å². The Balaban J connectivity index is 2.80.